The van der Waals surface area contributed by atoms with Crippen LogP contribution in [-0.4, -0.2) is 91.4 Å². The standard InChI is InChI=1S/C27H35N7O5S/c1-40-10-8-21(24(35)33-22(27(38)39)12-17-14-29-15-31-17)32-25(36)23-7-4-9-34(23)26(37)19(28)11-16-13-30-20-6-3-2-5-18(16)20/h2-3,5-6,13-15,19,21-23,30H,4,7-12,28H2,1H3,(H,29,31)(H,32,36)(H,33,35)(H,38,39). The van der Waals surface area contributed by atoms with Gasteiger partial charge in [-0.1, -0.05) is 18.2 Å². The highest BCUT2D eigenvalue weighted by atomic mass is 32.2. The third kappa shape index (κ3) is 7.02. The van der Waals surface area contributed by atoms with Crippen LogP contribution in [0.15, 0.2) is 43.0 Å². The predicted molar refractivity (Wildman–Crippen MR) is 152 cm³/mol. The van der Waals surface area contributed by atoms with E-state index in [2.05, 4.69) is 25.6 Å². The SMILES string of the molecule is CSCCC(NC(=O)C1CCCN1C(=O)C(N)Cc1c[nH]c2ccccc12)C(=O)NC(Cc1cnc[nH]1)C(=O)O. The fraction of sp³-hybridized carbons (Fsp3) is 0.444. The number of rotatable bonds is 13. The Morgan fingerprint density at radius 3 is 2.70 bits per heavy atom. The first kappa shape index (κ1) is 29.2. The highest BCUT2D eigenvalue weighted by Crippen LogP contribution is 2.22. The molecule has 1 saturated heterocycles. The number of fused-ring (bicyclic) bond motifs is 1. The van der Waals surface area contributed by atoms with Gasteiger partial charge in [0, 0.05) is 42.0 Å². The number of benzene rings is 1. The maximum Gasteiger partial charge on any atom is 0.326 e. The minimum Gasteiger partial charge on any atom is -0.480 e. The minimum atomic E-state index is -1.20. The molecule has 12 nitrogen and oxygen atoms in total. The molecule has 1 fully saturated rings. The molecule has 3 heterocycles. The van der Waals surface area contributed by atoms with E-state index in [4.69, 9.17) is 5.73 Å². The van der Waals surface area contributed by atoms with E-state index in [9.17, 15) is 24.3 Å². The molecule has 0 bridgehead atoms. The van der Waals surface area contributed by atoms with E-state index in [0.29, 0.717) is 43.7 Å². The van der Waals surface area contributed by atoms with Crippen LogP contribution in [0.5, 0.6) is 0 Å². The molecule has 0 spiro atoms. The van der Waals surface area contributed by atoms with Crippen LogP contribution in [0.3, 0.4) is 0 Å². The van der Waals surface area contributed by atoms with Crippen molar-refractivity contribution >= 4 is 46.4 Å². The highest BCUT2D eigenvalue weighted by molar-refractivity contribution is 7.98. The van der Waals surface area contributed by atoms with Gasteiger partial charge >= 0.3 is 5.97 Å². The van der Waals surface area contributed by atoms with Crippen molar-refractivity contribution in [1.82, 2.24) is 30.5 Å². The molecular formula is C27H35N7O5S. The summed E-state index contributed by atoms with van der Waals surface area (Å²) in [5.41, 5.74) is 8.77. The summed E-state index contributed by atoms with van der Waals surface area (Å²) >= 11 is 1.50. The van der Waals surface area contributed by atoms with Gasteiger partial charge in [0.05, 0.1) is 12.4 Å². The average Bonchev–Trinajstić information content (AvgIpc) is 3.72. The van der Waals surface area contributed by atoms with Gasteiger partial charge in [0.15, 0.2) is 0 Å². The molecule has 1 aliphatic heterocycles. The zero-order chi connectivity index (χ0) is 28.6. The highest BCUT2D eigenvalue weighted by Gasteiger charge is 2.38. The number of nitrogens with two attached hydrogens (primary N) is 1. The lowest BCUT2D eigenvalue weighted by Crippen LogP contribution is -2.57. The molecule has 4 atom stereocenters. The third-order valence-corrected chi connectivity index (χ3v) is 7.75. The number of hydrogen-bond donors (Lipinski definition) is 6. The van der Waals surface area contributed by atoms with Crippen LogP contribution in [-0.2, 0) is 32.0 Å². The van der Waals surface area contributed by atoms with Gasteiger partial charge < -0.3 is 36.3 Å². The summed E-state index contributed by atoms with van der Waals surface area (Å²) in [4.78, 5) is 63.0. The number of carbonyl (C=O) groups excluding carboxylic acids is 3. The summed E-state index contributed by atoms with van der Waals surface area (Å²) in [6.07, 6.45) is 8.36. The Hall–Kier alpha value is -3.84. The molecule has 4 rings (SSSR count). The molecule has 3 aromatic rings. The lowest BCUT2D eigenvalue weighted by atomic mass is 10.0. The first-order valence-electron chi connectivity index (χ1n) is 13.2. The van der Waals surface area contributed by atoms with Gasteiger partial charge in [-0.25, -0.2) is 9.78 Å². The number of carbonyl (C=O) groups is 4. The Balaban J connectivity index is 1.40. The molecule has 0 saturated carbocycles. The first-order valence-corrected chi connectivity index (χ1v) is 14.6. The Labute approximate surface area is 235 Å². The van der Waals surface area contributed by atoms with Crippen LogP contribution in [0, 0.1) is 0 Å². The number of aromatic amines is 2. The van der Waals surface area contributed by atoms with E-state index in [1.165, 1.54) is 29.2 Å². The Morgan fingerprint density at radius 1 is 1.18 bits per heavy atom. The molecule has 0 aliphatic carbocycles. The molecule has 2 aromatic heterocycles. The van der Waals surface area contributed by atoms with Gasteiger partial charge in [0.2, 0.25) is 17.7 Å². The van der Waals surface area contributed by atoms with Gasteiger partial charge in [0.1, 0.15) is 18.1 Å². The summed E-state index contributed by atoms with van der Waals surface area (Å²) in [6.45, 7) is 0.394. The molecule has 40 heavy (non-hydrogen) atoms. The number of hydrogen-bond acceptors (Lipinski definition) is 7. The molecule has 7 N–H and O–H groups in total. The van der Waals surface area contributed by atoms with E-state index in [1.54, 1.807) is 0 Å². The fourth-order valence-corrected chi connectivity index (χ4v) is 5.47. The van der Waals surface area contributed by atoms with Gasteiger partial charge in [-0.2, -0.15) is 11.8 Å². The monoisotopic (exact) mass is 569 g/mol. The van der Waals surface area contributed by atoms with Crippen molar-refractivity contribution in [3.63, 3.8) is 0 Å². The fourth-order valence-electron chi connectivity index (χ4n) is 5.00. The average molecular weight is 570 g/mol. The molecule has 214 valence electrons. The van der Waals surface area contributed by atoms with Gasteiger partial charge in [-0.15, -0.1) is 0 Å². The maximum atomic E-state index is 13.4. The van der Waals surface area contributed by atoms with Crippen LogP contribution in [0.25, 0.3) is 10.9 Å². The second-order valence-electron chi connectivity index (χ2n) is 9.88. The second kappa shape index (κ2) is 13.5. The molecule has 3 amide bonds. The second-order valence-corrected chi connectivity index (χ2v) is 10.9. The Morgan fingerprint density at radius 2 is 1.98 bits per heavy atom. The number of nitrogens with zero attached hydrogens (tertiary/aromatic N) is 2. The molecule has 4 unspecified atom stereocenters. The van der Waals surface area contributed by atoms with Crippen molar-refractivity contribution in [3.05, 3.63) is 54.2 Å². The lowest BCUT2D eigenvalue weighted by molar-refractivity contribution is -0.143. The van der Waals surface area contributed by atoms with Gasteiger partial charge in [-0.3, -0.25) is 14.4 Å². The third-order valence-electron chi connectivity index (χ3n) is 7.11. The van der Waals surface area contributed by atoms with Crippen LogP contribution in [0.4, 0.5) is 0 Å². The molecule has 1 aromatic carbocycles. The smallest absolute Gasteiger partial charge is 0.326 e. The molecule has 13 heteroatoms. The van der Waals surface area contributed by atoms with Crippen LogP contribution in [0.1, 0.15) is 30.5 Å². The number of aliphatic carboxylic acids is 1. The maximum absolute atomic E-state index is 13.4. The van der Waals surface area contributed by atoms with Crippen molar-refractivity contribution in [2.24, 2.45) is 5.73 Å². The summed E-state index contributed by atoms with van der Waals surface area (Å²) in [7, 11) is 0. The summed E-state index contributed by atoms with van der Waals surface area (Å²) in [6, 6.07) is 4.02. The number of likely N-dealkylation sites (tertiary alicyclic amines) is 1. The molecular weight excluding hydrogens is 534 g/mol. The minimum absolute atomic E-state index is 0.0174. The van der Waals surface area contributed by atoms with E-state index in [-0.39, 0.29) is 12.3 Å². The van der Waals surface area contributed by atoms with E-state index >= 15 is 0 Å². The number of para-hydroxylation sites is 1. The van der Waals surface area contributed by atoms with Crippen molar-refractivity contribution < 1.29 is 24.3 Å². The number of amides is 3. The van der Waals surface area contributed by atoms with Crippen molar-refractivity contribution in [1.29, 1.82) is 0 Å². The summed E-state index contributed by atoms with van der Waals surface area (Å²) in [5, 5.41) is 15.9. The molecule has 0 radical (unpaired) electrons. The zero-order valence-electron chi connectivity index (χ0n) is 22.3. The number of H-pyrrole nitrogens is 2. The van der Waals surface area contributed by atoms with E-state index < -0.39 is 42.0 Å². The van der Waals surface area contributed by atoms with Gasteiger partial charge in [-0.05, 0) is 49.3 Å². The Bertz CT molecular complexity index is 1330. The summed E-state index contributed by atoms with van der Waals surface area (Å²) in [5.74, 6) is -2.00. The van der Waals surface area contributed by atoms with Crippen LogP contribution in [0.2, 0.25) is 0 Å². The largest absolute Gasteiger partial charge is 0.480 e. The predicted octanol–water partition coefficient (Wildman–Crippen LogP) is 0.802. The van der Waals surface area contributed by atoms with Crippen LogP contribution >= 0.6 is 11.8 Å². The van der Waals surface area contributed by atoms with E-state index in [1.807, 2.05) is 36.7 Å². The van der Waals surface area contributed by atoms with Crippen molar-refractivity contribution in [3.8, 4) is 0 Å². The number of aromatic nitrogens is 3. The topological polar surface area (TPSA) is 186 Å². The van der Waals surface area contributed by atoms with Crippen molar-refractivity contribution in [2.45, 2.75) is 56.3 Å². The van der Waals surface area contributed by atoms with E-state index in [0.717, 1.165) is 16.5 Å². The quantitative estimate of drug-likeness (QED) is 0.174. The van der Waals surface area contributed by atoms with Gasteiger partial charge in [0.25, 0.3) is 0 Å². The molecule has 1 aliphatic rings. The summed E-state index contributed by atoms with van der Waals surface area (Å²) < 4.78 is 0. The number of thioether (sulfide) groups is 1. The Kier molecular flexibility index (Phi) is 9.83. The zero-order valence-corrected chi connectivity index (χ0v) is 23.1. The first-order chi connectivity index (χ1) is 19.3. The normalized spacial score (nSPS) is 17.4. The number of nitrogens with one attached hydrogen (secondary N) is 4. The lowest BCUT2D eigenvalue weighted by Gasteiger charge is -2.28. The van der Waals surface area contributed by atoms with Crippen molar-refractivity contribution in [2.75, 3.05) is 18.6 Å². The number of carboxylic acids is 1. The number of imidazole rings is 1. The van der Waals surface area contributed by atoms with Crippen LogP contribution < -0.4 is 16.4 Å². The number of carboxylic acid groups (broad SMARTS) is 1.